The third-order valence-electron chi connectivity index (χ3n) is 1.81. The number of carbonyl (C=O) groups excluding carboxylic acids is 2. The van der Waals surface area contributed by atoms with Gasteiger partial charge in [-0.15, -0.1) is 0 Å². The molecule has 1 rings (SSSR count). The topological polar surface area (TPSA) is 103 Å². The summed E-state index contributed by atoms with van der Waals surface area (Å²) in [5.74, 6) is -1.39. The second-order valence-corrected chi connectivity index (χ2v) is 2.73. The largest absolute Gasteiger partial charge is 0.462 e. The maximum Gasteiger partial charge on any atom is 0.340 e. The highest BCUT2D eigenvalue weighted by Crippen LogP contribution is 2.20. The van der Waals surface area contributed by atoms with E-state index in [0.717, 1.165) is 6.20 Å². The molecule has 0 aromatic heterocycles. The number of esters is 1. The molecule has 0 atom stereocenters. The third kappa shape index (κ3) is 1.91. The van der Waals surface area contributed by atoms with E-state index in [4.69, 9.17) is 15.3 Å². The molecule has 1 heterocycles. The molecule has 1 aliphatic rings. The van der Waals surface area contributed by atoms with Crippen LogP contribution in [0, 0.1) is 22.7 Å². The Morgan fingerprint density at radius 3 is 2.62 bits per heavy atom. The zero-order valence-corrected chi connectivity index (χ0v) is 8.40. The number of nitrogens with one attached hydrogen (secondary N) is 1. The summed E-state index contributed by atoms with van der Waals surface area (Å²) in [4.78, 5) is 22.7. The van der Waals surface area contributed by atoms with Crippen molar-refractivity contribution in [3.8, 4) is 12.1 Å². The zero-order valence-electron chi connectivity index (χ0n) is 8.40. The van der Waals surface area contributed by atoms with E-state index in [1.807, 2.05) is 0 Å². The van der Waals surface area contributed by atoms with Crippen LogP contribution < -0.4 is 5.32 Å². The summed E-state index contributed by atoms with van der Waals surface area (Å²) in [6.07, 6.45) is 1.13. The maximum absolute atomic E-state index is 11.4. The number of nitrogens with zero attached hydrogens (tertiary/aromatic N) is 2. The van der Waals surface area contributed by atoms with Gasteiger partial charge in [-0.3, -0.25) is 4.79 Å². The monoisotopic (exact) mass is 217 g/mol. The van der Waals surface area contributed by atoms with E-state index in [2.05, 4.69) is 5.32 Å². The van der Waals surface area contributed by atoms with Crippen LogP contribution in [0.1, 0.15) is 6.92 Å². The van der Waals surface area contributed by atoms with Crippen molar-refractivity contribution < 1.29 is 14.3 Å². The van der Waals surface area contributed by atoms with Gasteiger partial charge in [-0.1, -0.05) is 0 Å². The lowest BCUT2D eigenvalue weighted by molar-refractivity contribution is -0.138. The highest BCUT2D eigenvalue weighted by molar-refractivity contribution is 6.14. The SMILES string of the molecule is CCOC(=O)C1=CNC(=O)C1=C(C#N)C#N. The number of nitriles is 2. The van der Waals surface area contributed by atoms with E-state index in [1.54, 1.807) is 19.1 Å². The molecule has 16 heavy (non-hydrogen) atoms. The number of hydrogen-bond donors (Lipinski definition) is 1. The van der Waals surface area contributed by atoms with Gasteiger partial charge in [0.05, 0.1) is 17.8 Å². The lowest BCUT2D eigenvalue weighted by Gasteiger charge is -2.02. The molecule has 0 spiro atoms. The maximum atomic E-state index is 11.4. The fourth-order valence-corrected chi connectivity index (χ4v) is 1.16. The molecule has 0 aromatic rings. The van der Waals surface area contributed by atoms with Crippen LogP contribution in [0.15, 0.2) is 22.9 Å². The Morgan fingerprint density at radius 2 is 2.12 bits per heavy atom. The van der Waals surface area contributed by atoms with Crippen molar-refractivity contribution in [2.75, 3.05) is 6.61 Å². The number of rotatable bonds is 2. The molecule has 0 saturated carbocycles. The second kappa shape index (κ2) is 4.76. The Morgan fingerprint density at radius 1 is 1.50 bits per heavy atom. The van der Waals surface area contributed by atoms with E-state index < -0.39 is 17.4 Å². The summed E-state index contributed by atoms with van der Waals surface area (Å²) in [5, 5.41) is 19.5. The van der Waals surface area contributed by atoms with Crippen LogP contribution in [-0.2, 0) is 14.3 Å². The van der Waals surface area contributed by atoms with Gasteiger partial charge in [-0.2, -0.15) is 10.5 Å². The summed E-state index contributed by atoms with van der Waals surface area (Å²) < 4.78 is 4.69. The standard InChI is InChI=1S/C10H7N3O3/c1-2-16-10(15)7-5-13-9(14)8(7)6(3-11)4-12/h5H,2H2,1H3,(H,13,14). The van der Waals surface area contributed by atoms with Crippen molar-refractivity contribution in [3.63, 3.8) is 0 Å². The van der Waals surface area contributed by atoms with Crippen LogP contribution in [0.2, 0.25) is 0 Å². The lowest BCUT2D eigenvalue weighted by Crippen LogP contribution is -2.15. The summed E-state index contributed by atoms with van der Waals surface area (Å²) in [6, 6.07) is 3.12. The van der Waals surface area contributed by atoms with Crippen LogP contribution in [0.4, 0.5) is 0 Å². The summed E-state index contributed by atoms with van der Waals surface area (Å²) >= 11 is 0. The highest BCUT2D eigenvalue weighted by Gasteiger charge is 2.30. The van der Waals surface area contributed by atoms with Gasteiger partial charge in [-0.25, -0.2) is 4.79 Å². The number of amides is 1. The smallest absolute Gasteiger partial charge is 0.340 e. The Hall–Kier alpha value is -2.60. The molecule has 6 nitrogen and oxygen atoms in total. The minimum atomic E-state index is -0.737. The average Bonchev–Trinajstić information content (AvgIpc) is 2.64. The predicted molar refractivity (Wildman–Crippen MR) is 51.1 cm³/mol. The molecule has 0 fully saturated rings. The van der Waals surface area contributed by atoms with E-state index >= 15 is 0 Å². The minimum Gasteiger partial charge on any atom is -0.462 e. The molecule has 80 valence electrons. The first-order chi connectivity index (χ1) is 7.65. The van der Waals surface area contributed by atoms with Gasteiger partial charge in [0.25, 0.3) is 5.91 Å². The van der Waals surface area contributed by atoms with Gasteiger partial charge in [0, 0.05) is 6.20 Å². The Labute approximate surface area is 91.4 Å². The van der Waals surface area contributed by atoms with Crippen molar-refractivity contribution in [2.45, 2.75) is 6.92 Å². The van der Waals surface area contributed by atoms with Crippen LogP contribution in [0.5, 0.6) is 0 Å². The van der Waals surface area contributed by atoms with Crippen molar-refractivity contribution in [1.82, 2.24) is 5.32 Å². The third-order valence-corrected chi connectivity index (χ3v) is 1.81. The van der Waals surface area contributed by atoms with Crippen molar-refractivity contribution in [3.05, 3.63) is 22.9 Å². The first-order valence-electron chi connectivity index (χ1n) is 4.38. The summed E-state index contributed by atoms with van der Waals surface area (Å²) in [5.41, 5.74) is -0.734. The van der Waals surface area contributed by atoms with Crippen LogP contribution in [0.3, 0.4) is 0 Å². The van der Waals surface area contributed by atoms with Crippen molar-refractivity contribution >= 4 is 11.9 Å². The Kier molecular flexibility index (Phi) is 3.41. The molecule has 1 aliphatic heterocycles. The molecule has 0 saturated heterocycles. The highest BCUT2D eigenvalue weighted by atomic mass is 16.5. The van der Waals surface area contributed by atoms with Crippen LogP contribution in [0.25, 0.3) is 0 Å². The van der Waals surface area contributed by atoms with E-state index in [0.29, 0.717) is 0 Å². The summed E-state index contributed by atoms with van der Waals surface area (Å²) in [7, 11) is 0. The number of hydrogen-bond acceptors (Lipinski definition) is 5. The summed E-state index contributed by atoms with van der Waals surface area (Å²) in [6.45, 7) is 1.76. The van der Waals surface area contributed by atoms with Gasteiger partial charge in [0.1, 0.15) is 17.7 Å². The Bertz CT molecular complexity index is 472. The predicted octanol–water partition coefficient (Wildman–Crippen LogP) is -0.0930. The lowest BCUT2D eigenvalue weighted by atomic mass is 10.0. The number of ether oxygens (including phenoxy) is 1. The van der Waals surface area contributed by atoms with Gasteiger partial charge in [-0.05, 0) is 6.92 Å². The molecule has 1 N–H and O–H groups in total. The normalized spacial score (nSPS) is 13.3. The first kappa shape index (κ1) is 11.5. The second-order valence-electron chi connectivity index (χ2n) is 2.73. The van der Waals surface area contributed by atoms with Gasteiger partial charge >= 0.3 is 5.97 Å². The average molecular weight is 217 g/mol. The minimum absolute atomic E-state index is 0.0926. The van der Waals surface area contributed by atoms with Gasteiger partial charge < -0.3 is 10.1 Å². The molecule has 1 amide bonds. The quantitative estimate of drug-likeness (QED) is 0.395. The Balaban J connectivity index is 3.19. The van der Waals surface area contributed by atoms with Crippen LogP contribution in [-0.4, -0.2) is 18.5 Å². The number of carbonyl (C=O) groups is 2. The molecular formula is C10H7N3O3. The molecule has 0 unspecified atom stereocenters. The fraction of sp³-hybridized carbons (Fsp3) is 0.200. The molecule has 0 bridgehead atoms. The molecule has 0 radical (unpaired) electrons. The molecule has 0 aromatic carbocycles. The van der Waals surface area contributed by atoms with Gasteiger partial charge in [0.15, 0.2) is 0 Å². The zero-order chi connectivity index (χ0) is 12.1. The number of allylic oxidation sites excluding steroid dienone is 1. The van der Waals surface area contributed by atoms with E-state index in [9.17, 15) is 9.59 Å². The molecule has 6 heteroatoms. The molecule has 0 aliphatic carbocycles. The van der Waals surface area contributed by atoms with Gasteiger partial charge in [0.2, 0.25) is 0 Å². The van der Waals surface area contributed by atoms with Crippen molar-refractivity contribution in [2.24, 2.45) is 0 Å². The van der Waals surface area contributed by atoms with Crippen LogP contribution >= 0.6 is 0 Å². The van der Waals surface area contributed by atoms with Crippen molar-refractivity contribution in [1.29, 1.82) is 10.5 Å². The van der Waals surface area contributed by atoms with E-state index in [-0.39, 0.29) is 17.8 Å². The molecular weight excluding hydrogens is 210 g/mol. The fourth-order valence-electron chi connectivity index (χ4n) is 1.16. The van der Waals surface area contributed by atoms with E-state index in [1.165, 1.54) is 0 Å². The first-order valence-corrected chi connectivity index (χ1v) is 4.38.